The number of aromatic nitrogens is 1. The lowest BCUT2D eigenvalue weighted by Crippen LogP contribution is -2.59. The second-order valence-corrected chi connectivity index (χ2v) is 8.41. The number of fused-ring (bicyclic) bond motifs is 1. The van der Waals surface area contributed by atoms with E-state index in [0.29, 0.717) is 24.4 Å². The summed E-state index contributed by atoms with van der Waals surface area (Å²) in [5, 5.41) is 1.26. The Bertz CT molecular complexity index is 749. The van der Waals surface area contributed by atoms with Crippen molar-refractivity contribution in [3.05, 3.63) is 36.0 Å². The van der Waals surface area contributed by atoms with E-state index < -0.39 is 0 Å². The van der Waals surface area contributed by atoms with Gasteiger partial charge in [0.15, 0.2) is 0 Å². The number of H-pyrrole nitrogens is 1. The third kappa shape index (κ3) is 2.21. The van der Waals surface area contributed by atoms with Gasteiger partial charge in [-0.2, -0.15) is 0 Å². The number of hydrogen-bond acceptors (Lipinski definition) is 1. The molecule has 4 bridgehead atoms. The van der Waals surface area contributed by atoms with E-state index in [2.05, 4.69) is 47.3 Å². The molecule has 3 heterocycles. The molecule has 2 aromatic rings. The molecular formula is C21H26N2O. The zero-order valence-corrected chi connectivity index (χ0v) is 14.4. The molecule has 1 N–H and O–H groups in total. The molecule has 1 atom stereocenters. The van der Waals surface area contributed by atoms with Gasteiger partial charge in [0, 0.05) is 35.6 Å². The SMILES string of the molecule is CC(CC(=O)N1C2CC3CC(C2)CC1C3)c1c[nH]c2ccccc12. The standard InChI is InChI=1S/C21H26N2O/c1-13(19-12-22-20-5-3-2-4-18(19)20)6-21(24)23-16-8-14-7-15(10-16)11-17(23)9-14/h2-5,12-17,22H,6-11H2,1H3. The van der Waals surface area contributed by atoms with Crippen LogP contribution in [0.3, 0.4) is 0 Å². The molecule has 24 heavy (non-hydrogen) atoms. The van der Waals surface area contributed by atoms with Crippen LogP contribution in [-0.4, -0.2) is 27.9 Å². The minimum atomic E-state index is 0.269. The molecule has 2 saturated heterocycles. The molecule has 4 fully saturated rings. The summed E-state index contributed by atoms with van der Waals surface area (Å²) in [4.78, 5) is 18.7. The Morgan fingerprint density at radius 2 is 1.79 bits per heavy atom. The number of carbonyl (C=O) groups is 1. The van der Waals surface area contributed by atoms with E-state index in [0.717, 1.165) is 11.8 Å². The minimum Gasteiger partial charge on any atom is -0.361 e. The molecule has 1 aromatic carbocycles. The molecule has 1 aromatic heterocycles. The van der Waals surface area contributed by atoms with Gasteiger partial charge in [-0.15, -0.1) is 0 Å². The summed E-state index contributed by atoms with van der Waals surface area (Å²) in [7, 11) is 0. The van der Waals surface area contributed by atoms with E-state index in [1.165, 1.54) is 48.6 Å². The molecule has 2 aliphatic heterocycles. The van der Waals surface area contributed by atoms with Crippen LogP contribution in [-0.2, 0) is 4.79 Å². The van der Waals surface area contributed by atoms with Gasteiger partial charge in [-0.3, -0.25) is 4.79 Å². The number of nitrogens with zero attached hydrogens (tertiary/aromatic N) is 1. The lowest BCUT2D eigenvalue weighted by atomic mass is 9.63. The fourth-order valence-electron chi connectivity index (χ4n) is 5.92. The molecule has 1 unspecified atom stereocenters. The van der Waals surface area contributed by atoms with Crippen LogP contribution in [0, 0.1) is 11.8 Å². The second kappa shape index (κ2) is 5.37. The van der Waals surface area contributed by atoms with Gasteiger partial charge in [0.2, 0.25) is 5.91 Å². The Labute approximate surface area is 143 Å². The van der Waals surface area contributed by atoms with E-state index in [9.17, 15) is 4.79 Å². The maximum absolute atomic E-state index is 13.1. The fraction of sp³-hybridized carbons (Fsp3) is 0.571. The van der Waals surface area contributed by atoms with Crippen LogP contribution in [0.2, 0.25) is 0 Å². The molecule has 2 aliphatic carbocycles. The monoisotopic (exact) mass is 322 g/mol. The van der Waals surface area contributed by atoms with Gasteiger partial charge in [0.1, 0.15) is 0 Å². The smallest absolute Gasteiger partial charge is 0.223 e. The molecule has 3 heteroatoms. The third-order valence-electron chi connectivity index (χ3n) is 6.80. The summed E-state index contributed by atoms with van der Waals surface area (Å²) >= 11 is 0. The summed E-state index contributed by atoms with van der Waals surface area (Å²) in [6, 6.07) is 9.49. The van der Waals surface area contributed by atoms with Gasteiger partial charge >= 0.3 is 0 Å². The average Bonchev–Trinajstić information content (AvgIpc) is 2.98. The predicted molar refractivity (Wildman–Crippen MR) is 95.8 cm³/mol. The van der Waals surface area contributed by atoms with Crippen LogP contribution in [0.4, 0.5) is 0 Å². The van der Waals surface area contributed by atoms with Gasteiger partial charge in [-0.05, 0) is 61.5 Å². The van der Waals surface area contributed by atoms with Crippen LogP contribution in [0.1, 0.15) is 56.9 Å². The van der Waals surface area contributed by atoms with Crippen LogP contribution in [0.15, 0.2) is 30.5 Å². The first kappa shape index (κ1) is 14.6. The molecule has 1 amide bonds. The van der Waals surface area contributed by atoms with Crippen LogP contribution in [0.5, 0.6) is 0 Å². The van der Waals surface area contributed by atoms with Crippen LogP contribution < -0.4 is 0 Å². The second-order valence-electron chi connectivity index (χ2n) is 8.41. The van der Waals surface area contributed by atoms with E-state index in [4.69, 9.17) is 0 Å². The molecular weight excluding hydrogens is 296 g/mol. The summed E-state index contributed by atoms with van der Waals surface area (Å²) in [5.74, 6) is 2.47. The van der Waals surface area contributed by atoms with Gasteiger partial charge in [-0.1, -0.05) is 25.1 Å². The summed E-state index contributed by atoms with van der Waals surface area (Å²) in [6.45, 7) is 2.20. The number of nitrogens with one attached hydrogen (secondary N) is 1. The molecule has 0 radical (unpaired) electrons. The lowest BCUT2D eigenvalue weighted by molar-refractivity contribution is -0.149. The normalized spacial score (nSPS) is 32.5. The maximum Gasteiger partial charge on any atom is 0.223 e. The fourth-order valence-corrected chi connectivity index (χ4v) is 5.92. The predicted octanol–water partition coefficient (Wildman–Crippen LogP) is 4.45. The lowest BCUT2D eigenvalue weighted by Gasteiger charge is -2.56. The number of piperidine rings is 2. The quantitative estimate of drug-likeness (QED) is 0.890. The molecule has 3 nitrogen and oxygen atoms in total. The number of aromatic amines is 1. The Morgan fingerprint density at radius 1 is 1.12 bits per heavy atom. The van der Waals surface area contributed by atoms with Crippen molar-refractivity contribution in [3.63, 3.8) is 0 Å². The molecule has 2 saturated carbocycles. The summed E-state index contributed by atoms with van der Waals surface area (Å²) in [6.07, 6.45) is 9.22. The van der Waals surface area contributed by atoms with E-state index in [1.54, 1.807) is 0 Å². The minimum absolute atomic E-state index is 0.269. The molecule has 126 valence electrons. The largest absolute Gasteiger partial charge is 0.361 e. The Hall–Kier alpha value is -1.77. The zero-order chi connectivity index (χ0) is 16.3. The first-order valence-electron chi connectivity index (χ1n) is 9.56. The first-order valence-corrected chi connectivity index (χ1v) is 9.56. The highest BCUT2D eigenvalue weighted by molar-refractivity contribution is 5.85. The van der Waals surface area contributed by atoms with Crippen molar-refractivity contribution in [1.82, 2.24) is 9.88 Å². The number of para-hydroxylation sites is 1. The summed E-state index contributed by atoms with van der Waals surface area (Å²) < 4.78 is 0. The number of rotatable bonds is 3. The summed E-state index contributed by atoms with van der Waals surface area (Å²) in [5.41, 5.74) is 2.45. The van der Waals surface area contributed by atoms with E-state index in [1.807, 2.05) is 0 Å². The average molecular weight is 322 g/mol. The van der Waals surface area contributed by atoms with Crippen LogP contribution >= 0.6 is 0 Å². The Balaban J connectivity index is 1.35. The van der Waals surface area contributed by atoms with Crippen molar-refractivity contribution in [2.75, 3.05) is 0 Å². The van der Waals surface area contributed by atoms with Crippen molar-refractivity contribution in [1.29, 1.82) is 0 Å². The number of carbonyl (C=O) groups excluding carboxylic acids is 1. The van der Waals surface area contributed by atoms with Gasteiger partial charge in [0.05, 0.1) is 0 Å². The van der Waals surface area contributed by atoms with Crippen molar-refractivity contribution >= 4 is 16.8 Å². The zero-order valence-electron chi connectivity index (χ0n) is 14.4. The van der Waals surface area contributed by atoms with E-state index in [-0.39, 0.29) is 5.92 Å². The van der Waals surface area contributed by atoms with Crippen molar-refractivity contribution in [3.8, 4) is 0 Å². The molecule has 4 aliphatic rings. The number of hydrogen-bond donors (Lipinski definition) is 1. The highest BCUT2D eigenvalue weighted by Crippen LogP contribution is 2.49. The third-order valence-corrected chi connectivity index (χ3v) is 6.80. The van der Waals surface area contributed by atoms with Crippen molar-refractivity contribution in [2.45, 2.75) is 63.5 Å². The highest BCUT2D eigenvalue weighted by Gasteiger charge is 2.48. The Morgan fingerprint density at radius 3 is 2.50 bits per heavy atom. The Kier molecular flexibility index (Phi) is 3.26. The van der Waals surface area contributed by atoms with Gasteiger partial charge in [0.25, 0.3) is 0 Å². The first-order chi connectivity index (χ1) is 11.7. The maximum atomic E-state index is 13.1. The molecule has 0 spiro atoms. The van der Waals surface area contributed by atoms with Crippen LogP contribution in [0.25, 0.3) is 10.9 Å². The van der Waals surface area contributed by atoms with Crippen molar-refractivity contribution < 1.29 is 4.79 Å². The number of benzene rings is 1. The molecule has 6 rings (SSSR count). The topological polar surface area (TPSA) is 36.1 Å². The van der Waals surface area contributed by atoms with Gasteiger partial charge < -0.3 is 9.88 Å². The van der Waals surface area contributed by atoms with E-state index >= 15 is 0 Å². The highest BCUT2D eigenvalue weighted by atomic mass is 16.2. The number of amides is 1. The van der Waals surface area contributed by atoms with Gasteiger partial charge in [-0.25, -0.2) is 0 Å². The van der Waals surface area contributed by atoms with Crippen molar-refractivity contribution in [2.24, 2.45) is 11.8 Å².